The SMILES string of the molecule is CCc1nc(C(C)C)nc2c1NCCN2. The Kier molecular flexibility index (Phi) is 2.75. The van der Waals surface area contributed by atoms with Crippen LogP contribution in [0.15, 0.2) is 0 Å². The maximum Gasteiger partial charge on any atom is 0.153 e. The first-order valence-electron chi connectivity index (χ1n) is 5.61. The van der Waals surface area contributed by atoms with Crippen LogP contribution in [0.3, 0.4) is 0 Å². The van der Waals surface area contributed by atoms with E-state index in [0.717, 1.165) is 42.5 Å². The van der Waals surface area contributed by atoms with Crippen molar-refractivity contribution in [2.24, 2.45) is 0 Å². The third-order valence-electron chi connectivity index (χ3n) is 2.57. The van der Waals surface area contributed by atoms with Gasteiger partial charge >= 0.3 is 0 Å². The van der Waals surface area contributed by atoms with Gasteiger partial charge < -0.3 is 10.6 Å². The highest BCUT2D eigenvalue weighted by Gasteiger charge is 2.16. The fourth-order valence-electron chi connectivity index (χ4n) is 1.72. The van der Waals surface area contributed by atoms with Crippen LogP contribution in [0.1, 0.15) is 38.2 Å². The molecule has 0 fully saturated rings. The molecule has 4 nitrogen and oxygen atoms in total. The minimum atomic E-state index is 0.379. The molecule has 82 valence electrons. The van der Waals surface area contributed by atoms with E-state index in [9.17, 15) is 0 Å². The molecule has 0 aromatic carbocycles. The molecule has 0 radical (unpaired) electrons. The normalized spacial score (nSPS) is 14.4. The number of fused-ring (bicyclic) bond motifs is 1. The van der Waals surface area contributed by atoms with E-state index < -0.39 is 0 Å². The van der Waals surface area contributed by atoms with Crippen LogP contribution in [0.25, 0.3) is 0 Å². The van der Waals surface area contributed by atoms with E-state index in [-0.39, 0.29) is 0 Å². The molecule has 0 atom stereocenters. The molecule has 0 saturated carbocycles. The van der Waals surface area contributed by atoms with Crippen molar-refractivity contribution in [2.45, 2.75) is 33.1 Å². The molecule has 0 saturated heterocycles. The lowest BCUT2D eigenvalue weighted by Gasteiger charge is -2.22. The lowest BCUT2D eigenvalue weighted by atomic mass is 10.1. The van der Waals surface area contributed by atoms with Gasteiger partial charge in [-0.05, 0) is 6.42 Å². The van der Waals surface area contributed by atoms with E-state index in [1.165, 1.54) is 0 Å². The molecule has 0 aliphatic carbocycles. The summed E-state index contributed by atoms with van der Waals surface area (Å²) in [6, 6.07) is 0. The third-order valence-corrected chi connectivity index (χ3v) is 2.57. The second kappa shape index (κ2) is 4.04. The molecule has 2 N–H and O–H groups in total. The molecule has 1 aromatic heterocycles. The summed E-state index contributed by atoms with van der Waals surface area (Å²) < 4.78 is 0. The first-order valence-corrected chi connectivity index (χ1v) is 5.61. The summed E-state index contributed by atoms with van der Waals surface area (Å²) in [5, 5.41) is 6.68. The van der Waals surface area contributed by atoms with Crippen molar-refractivity contribution in [3.8, 4) is 0 Å². The van der Waals surface area contributed by atoms with Crippen molar-refractivity contribution in [3.05, 3.63) is 11.5 Å². The minimum absolute atomic E-state index is 0.379. The molecular weight excluding hydrogens is 188 g/mol. The lowest BCUT2D eigenvalue weighted by molar-refractivity contribution is 0.756. The smallest absolute Gasteiger partial charge is 0.153 e. The number of aryl methyl sites for hydroxylation is 1. The first kappa shape index (κ1) is 10.2. The number of hydrogen-bond donors (Lipinski definition) is 2. The molecular formula is C11H18N4. The van der Waals surface area contributed by atoms with Crippen LogP contribution in [0, 0.1) is 0 Å². The Morgan fingerprint density at radius 3 is 2.60 bits per heavy atom. The Bertz CT molecular complexity index is 343. The van der Waals surface area contributed by atoms with Crippen molar-refractivity contribution < 1.29 is 0 Å². The van der Waals surface area contributed by atoms with Gasteiger partial charge in [0.2, 0.25) is 0 Å². The predicted octanol–water partition coefficient (Wildman–Crippen LogP) is 2.00. The second-order valence-corrected chi connectivity index (χ2v) is 4.11. The number of nitrogens with zero attached hydrogens (tertiary/aromatic N) is 2. The fraction of sp³-hybridized carbons (Fsp3) is 0.636. The zero-order chi connectivity index (χ0) is 10.8. The van der Waals surface area contributed by atoms with E-state index in [0.29, 0.717) is 5.92 Å². The summed E-state index contributed by atoms with van der Waals surface area (Å²) in [4.78, 5) is 9.13. The highest BCUT2D eigenvalue weighted by Crippen LogP contribution is 2.27. The van der Waals surface area contributed by atoms with Crippen LogP contribution in [0.5, 0.6) is 0 Å². The Labute approximate surface area is 90.5 Å². The molecule has 15 heavy (non-hydrogen) atoms. The lowest BCUT2D eigenvalue weighted by Crippen LogP contribution is -2.24. The molecule has 0 spiro atoms. The maximum absolute atomic E-state index is 4.59. The van der Waals surface area contributed by atoms with Gasteiger partial charge in [0.1, 0.15) is 5.82 Å². The topological polar surface area (TPSA) is 49.8 Å². The summed E-state index contributed by atoms with van der Waals surface area (Å²) in [7, 11) is 0. The summed E-state index contributed by atoms with van der Waals surface area (Å²) in [5.41, 5.74) is 2.21. The van der Waals surface area contributed by atoms with Gasteiger partial charge in [-0.25, -0.2) is 9.97 Å². The Balaban J connectivity index is 2.48. The van der Waals surface area contributed by atoms with E-state index in [1.807, 2.05) is 0 Å². The molecule has 1 aliphatic rings. The van der Waals surface area contributed by atoms with E-state index in [4.69, 9.17) is 0 Å². The largest absolute Gasteiger partial charge is 0.379 e. The van der Waals surface area contributed by atoms with Crippen LogP contribution in [-0.4, -0.2) is 23.1 Å². The molecule has 4 heteroatoms. The maximum atomic E-state index is 4.59. The van der Waals surface area contributed by atoms with Crippen molar-refractivity contribution in [2.75, 3.05) is 23.7 Å². The van der Waals surface area contributed by atoms with Crippen molar-refractivity contribution >= 4 is 11.5 Å². The van der Waals surface area contributed by atoms with Crippen LogP contribution >= 0.6 is 0 Å². The van der Waals surface area contributed by atoms with Gasteiger partial charge in [-0.15, -0.1) is 0 Å². The van der Waals surface area contributed by atoms with Gasteiger partial charge in [0.05, 0.1) is 11.4 Å². The third kappa shape index (κ3) is 1.89. The monoisotopic (exact) mass is 206 g/mol. The quantitative estimate of drug-likeness (QED) is 0.777. The summed E-state index contributed by atoms with van der Waals surface area (Å²) in [6.07, 6.45) is 0.944. The molecule has 2 rings (SSSR count). The van der Waals surface area contributed by atoms with E-state index in [1.54, 1.807) is 0 Å². The number of anilines is 2. The van der Waals surface area contributed by atoms with Gasteiger partial charge in [-0.1, -0.05) is 20.8 Å². The van der Waals surface area contributed by atoms with Crippen LogP contribution in [0.4, 0.5) is 11.5 Å². The predicted molar refractivity (Wildman–Crippen MR) is 62.5 cm³/mol. The number of hydrogen-bond acceptors (Lipinski definition) is 4. The van der Waals surface area contributed by atoms with Gasteiger partial charge in [0.15, 0.2) is 5.82 Å². The first-order chi connectivity index (χ1) is 7.22. The summed E-state index contributed by atoms with van der Waals surface area (Å²) in [6.45, 7) is 8.26. The van der Waals surface area contributed by atoms with Crippen molar-refractivity contribution in [1.82, 2.24) is 9.97 Å². The molecule has 2 heterocycles. The average Bonchev–Trinajstić information content (AvgIpc) is 2.27. The molecule has 0 bridgehead atoms. The van der Waals surface area contributed by atoms with Gasteiger partial charge in [-0.3, -0.25) is 0 Å². The molecule has 1 aromatic rings. The molecule has 1 aliphatic heterocycles. The molecule has 0 unspecified atom stereocenters. The molecule has 0 amide bonds. The zero-order valence-electron chi connectivity index (χ0n) is 9.59. The summed E-state index contributed by atoms with van der Waals surface area (Å²) >= 11 is 0. The van der Waals surface area contributed by atoms with Gasteiger partial charge in [0.25, 0.3) is 0 Å². The zero-order valence-corrected chi connectivity index (χ0v) is 9.59. The highest BCUT2D eigenvalue weighted by molar-refractivity contribution is 5.69. The Morgan fingerprint density at radius 2 is 1.93 bits per heavy atom. The number of rotatable bonds is 2. The van der Waals surface area contributed by atoms with Crippen LogP contribution < -0.4 is 10.6 Å². The minimum Gasteiger partial charge on any atom is -0.379 e. The fourth-order valence-corrected chi connectivity index (χ4v) is 1.72. The second-order valence-electron chi connectivity index (χ2n) is 4.11. The van der Waals surface area contributed by atoms with Crippen LogP contribution in [-0.2, 0) is 6.42 Å². The van der Waals surface area contributed by atoms with Gasteiger partial charge in [0, 0.05) is 19.0 Å². The van der Waals surface area contributed by atoms with Gasteiger partial charge in [-0.2, -0.15) is 0 Å². The van der Waals surface area contributed by atoms with Crippen LogP contribution in [0.2, 0.25) is 0 Å². The van der Waals surface area contributed by atoms with Crippen molar-refractivity contribution in [1.29, 1.82) is 0 Å². The Morgan fingerprint density at radius 1 is 1.20 bits per heavy atom. The summed E-state index contributed by atoms with van der Waals surface area (Å²) in [5.74, 6) is 2.28. The van der Waals surface area contributed by atoms with E-state index >= 15 is 0 Å². The number of nitrogens with one attached hydrogen (secondary N) is 2. The average molecular weight is 206 g/mol. The standard InChI is InChI=1S/C11H18N4/c1-4-8-9-11(13-6-5-12-9)15-10(14-8)7(2)3/h7,12H,4-6H2,1-3H3,(H,13,14,15). The highest BCUT2D eigenvalue weighted by atomic mass is 15.1. The van der Waals surface area contributed by atoms with Crippen molar-refractivity contribution in [3.63, 3.8) is 0 Å². The van der Waals surface area contributed by atoms with E-state index in [2.05, 4.69) is 41.4 Å². The number of aromatic nitrogens is 2. The Hall–Kier alpha value is -1.32.